The van der Waals surface area contributed by atoms with E-state index in [0.717, 1.165) is 6.42 Å². The van der Waals surface area contributed by atoms with Gasteiger partial charge in [-0.25, -0.2) is 0 Å². The molecule has 2 aromatic carbocycles. The Morgan fingerprint density at radius 1 is 1.12 bits per heavy atom. The average molecular weight is 336 g/mol. The van der Waals surface area contributed by atoms with E-state index in [1.54, 1.807) is 36.2 Å². The number of hydrogen-bond acceptors (Lipinski definition) is 3. The summed E-state index contributed by atoms with van der Waals surface area (Å²) in [5.41, 5.74) is 1.63. The third-order valence-corrected chi connectivity index (χ3v) is 4.07. The van der Waals surface area contributed by atoms with Crippen LogP contribution in [0.25, 0.3) is 0 Å². The van der Waals surface area contributed by atoms with E-state index in [2.05, 4.69) is 18.2 Å². The zero-order valence-electron chi connectivity index (χ0n) is 15.0. The Morgan fingerprint density at radius 2 is 1.76 bits per heavy atom. The molecule has 4 nitrogen and oxygen atoms in total. The highest BCUT2D eigenvalue weighted by atomic mass is 16.5. The fourth-order valence-corrected chi connectivity index (χ4v) is 2.54. The molecule has 0 N–H and O–H groups in total. The van der Waals surface area contributed by atoms with Crippen molar-refractivity contribution in [3.63, 3.8) is 0 Å². The Balaban J connectivity index is 2.05. The van der Waals surface area contributed by atoms with Gasteiger partial charge in [0, 0.05) is 13.6 Å². The van der Waals surface area contributed by atoms with Gasteiger partial charge in [-0.15, -0.1) is 0 Å². The molecular formula is C21H24N2O2. The van der Waals surface area contributed by atoms with Crippen LogP contribution in [0.15, 0.2) is 54.6 Å². The maximum atomic E-state index is 12.8. The Bertz CT molecular complexity index is 735. The van der Waals surface area contributed by atoms with Gasteiger partial charge < -0.3 is 9.64 Å². The molecule has 0 bridgehead atoms. The minimum atomic E-state index is -0.615. The predicted molar refractivity (Wildman–Crippen MR) is 98.2 cm³/mol. The second-order valence-electron chi connectivity index (χ2n) is 6.39. The smallest absolute Gasteiger partial charge is 0.263 e. The highest BCUT2D eigenvalue weighted by Gasteiger charge is 2.27. The lowest BCUT2D eigenvalue weighted by molar-refractivity contribution is -0.139. The highest BCUT2D eigenvalue weighted by molar-refractivity contribution is 5.81. The molecule has 0 spiro atoms. The Kier molecular flexibility index (Phi) is 6.59. The summed E-state index contributed by atoms with van der Waals surface area (Å²) in [5.74, 6) is 0.380. The van der Waals surface area contributed by atoms with Gasteiger partial charge in [-0.05, 0) is 30.0 Å². The molecule has 130 valence electrons. The quantitative estimate of drug-likeness (QED) is 0.775. The van der Waals surface area contributed by atoms with Gasteiger partial charge in [0.15, 0.2) is 6.10 Å². The molecular weight excluding hydrogens is 312 g/mol. The van der Waals surface area contributed by atoms with Crippen LogP contribution in [0.4, 0.5) is 0 Å². The molecule has 2 rings (SSSR count). The number of hydrogen-bond donors (Lipinski definition) is 0. The van der Waals surface area contributed by atoms with Crippen molar-refractivity contribution in [1.29, 1.82) is 5.26 Å². The zero-order chi connectivity index (χ0) is 18.2. The first-order valence-corrected chi connectivity index (χ1v) is 8.47. The van der Waals surface area contributed by atoms with Crippen molar-refractivity contribution in [3.8, 4) is 11.8 Å². The molecule has 4 heteroatoms. The number of carbonyl (C=O) groups excluding carboxylic acids is 1. The summed E-state index contributed by atoms with van der Waals surface area (Å²) < 4.78 is 5.92. The lowest BCUT2D eigenvalue weighted by atomic mass is 10.1. The van der Waals surface area contributed by atoms with Gasteiger partial charge in [-0.2, -0.15) is 5.26 Å². The molecule has 1 unspecified atom stereocenters. The molecule has 25 heavy (non-hydrogen) atoms. The zero-order valence-corrected chi connectivity index (χ0v) is 15.0. The summed E-state index contributed by atoms with van der Waals surface area (Å²) in [6, 6.07) is 19.2. The minimum absolute atomic E-state index is 0.00146. The standard InChI is InChI=1S/C21H24N2O2/c1-16(2)20(25-19-12-8-7-11-18(19)15-22)21(24)23(3)14-13-17-9-5-4-6-10-17/h4-12,16,20H,13-14H2,1-3H3. The molecule has 0 aliphatic carbocycles. The molecule has 0 saturated carbocycles. The van der Waals surface area contributed by atoms with Crippen LogP contribution in [-0.4, -0.2) is 30.5 Å². The number of amides is 1. The Labute approximate surface area is 149 Å². The lowest BCUT2D eigenvalue weighted by Gasteiger charge is -2.27. The first-order chi connectivity index (χ1) is 12.0. The fraction of sp³-hybridized carbons (Fsp3) is 0.333. The second-order valence-corrected chi connectivity index (χ2v) is 6.39. The van der Waals surface area contributed by atoms with E-state index in [0.29, 0.717) is 17.9 Å². The number of nitriles is 1. The van der Waals surface area contributed by atoms with Crippen LogP contribution >= 0.6 is 0 Å². The SMILES string of the molecule is CC(C)C(Oc1ccccc1C#N)C(=O)N(C)CCc1ccccc1. The van der Waals surface area contributed by atoms with Crippen LogP contribution in [0.1, 0.15) is 25.0 Å². The minimum Gasteiger partial charge on any atom is -0.479 e. The third kappa shape index (κ3) is 5.09. The maximum absolute atomic E-state index is 12.8. The van der Waals surface area contributed by atoms with Crippen molar-refractivity contribution in [2.24, 2.45) is 5.92 Å². The van der Waals surface area contributed by atoms with Gasteiger partial charge in [0.2, 0.25) is 0 Å². The van der Waals surface area contributed by atoms with Gasteiger partial charge in [0.25, 0.3) is 5.91 Å². The molecule has 0 aliphatic heterocycles. The van der Waals surface area contributed by atoms with Crippen LogP contribution < -0.4 is 4.74 Å². The van der Waals surface area contributed by atoms with Crippen LogP contribution in [-0.2, 0) is 11.2 Å². The molecule has 2 aromatic rings. The lowest BCUT2D eigenvalue weighted by Crippen LogP contribution is -2.43. The van der Waals surface area contributed by atoms with E-state index in [-0.39, 0.29) is 11.8 Å². The Hall–Kier alpha value is -2.80. The van der Waals surface area contributed by atoms with Gasteiger partial charge in [0.05, 0.1) is 5.56 Å². The summed E-state index contributed by atoms with van der Waals surface area (Å²) in [7, 11) is 1.79. The van der Waals surface area contributed by atoms with Crippen LogP contribution in [0.5, 0.6) is 5.75 Å². The van der Waals surface area contributed by atoms with E-state index in [4.69, 9.17) is 4.74 Å². The number of ether oxygens (including phenoxy) is 1. The van der Waals surface area contributed by atoms with E-state index in [1.807, 2.05) is 32.0 Å². The Morgan fingerprint density at radius 3 is 2.40 bits per heavy atom. The molecule has 0 fully saturated rings. The molecule has 1 atom stereocenters. The van der Waals surface area contributed by atoms with Crippen molar-refractivity contribution in [2.45, 2.75) is 26.4 Å². The first kappa shape index (κ1) is 18.5. The summed E-state index contributed by atoms with van der Waals surface area (Å²) >= 11 is 0. The number of benzene rings is 2. The van der Waals surface area contributed by atoms with Gasteiger partial charge in [-0.3, -0.25) is 4.79 Å². The molecule has 0 heterocycles. The van der Waals surface area contributed by atoms with Crippen LogP contribution in [0.2, 0.25) is 0 Å². The number of rotatable bonds is 7. The molecule has 0 aliphatic rings. The molecule has 0 aromatic heterocycles. The summed E-state index contributed by atoms with van der Waals surface area (Å²) in [6.07, 6.45) is 0.179. The number of nitrogens with zero attached hydrogens (tertiary/aromatic N) is 2. The molecule has 0 saturated heterocycles. The van der Waals surface area contributed by atoms with Gasteiger partial charge in [0.1, 0.15) is 11.8 Å². The first-order valence-electron chi connectivity index (χ1n) is 8.47. The van der Waals surface area contributed by atoms with E-state index in [9.17, 15) is 10.1 Å². The van der Waals surface area contributed by atoms with Crippen LogP contribution in [0.3, 0.4) is 0 Å². The maximum Gasteiger partial charge on any atom is 0.263 e. The molecule has 0 radical (unpaired) electrons. The monoisotopic (exact) mass is 336 g/mol. The van der Waals surface area contributed by atoms with Crippen molar-refractivity contribution in [1.82, 2.24) is 4.90 Å². The normalized spacial score (nSPS) is 11.6. The van der Waals surface area contributed by atoms with Crippen molar-refractivity contribution >= 4 is 5.91 Å². The second kappa shape index (κ2) is 8.89. The summed E-state index contributed by atoms with van der Waals surface area (Å²) in [6.45, 7) is 4.51. The van der Waals surface area contributed by atoms with E-state index < -0.39 is 6.10 Å². The van der Waals surface area contributed by atoms with Crippen molar-refractivity contribution < 1.29 is 9.53 Å². The third-order valence-electron chi connectivity index (χ3n) is 4.07. The highest BCUT2D eigenvalue weighted by Crippen LogP contribution is 2.21. The average Bonchev–Trinajstić information content (AvgIpc) is 2.64. The van der Waals surface area contributed by atoms with Crippen LogP contribution in [0, 0.1) is 17.2 Å². The number of carbonyl (C=O) groups is 1. The number of para-hydroxylation sites is 1. The largest absolute Gasteiger partial charge is 0.479 e. The van der Waals surface area contributed by atoms with Gasteiger partial charge >= 0.3 is 0 Å². The van der Waals surface area contributed by atoms with E-state index >= 15 is 0 Å². The van der Waals surface area contributed by atoms with Crippen molar-refractivity contribution in [3.05, 3.63) is 65.7 Å². The van der Waals surface area contributed by atoms with Gasteiger partial charge in [-0.1, -0.05) is 56.3 Å². The predicted octanol–water partition coefficient (Wildman–Crippen LogP) is 3.66. The number of likely N-dealkylation sites (N-methyl/N-ethyl adjacent to an activating group) is 1. The topological polar surface area (TPSA) is 53.3 Å². The summed E-state index contributed by atoms with van der Waals surface area (Å²) in [5, 5.41) is 9.20. The molecule has 1 amide bonds. The van der Waals surface area contributed by atoms with Crippen molar-refractivity contribution in [2.75, 3.05) is 13.6 Å². The fourth-order valence-electron chi connectivity index (χ4n) is 2.54. The summed E-state index contributed by atoms with van der Waals surface area (Å²) in [4.78, 5) is 14.5. The van der Waals surface area contributed by atoms with E-state index in [1.165, 1.54) is 5.56 Å².